The molecule has 0 bridgehead atoms. The van der Waals surface area contributed by atoms with E-state index in [1.807, 2.05) is 0 Å². The molecule has 2 aromatic rings. The van der Waals surface area contributed by atoms with E-state index in [0.717, 1.165) is 0 Å². The largest absolute Gasteiger partial charge is 0.412 e. The molecule has 0 saturated carbocycles. The maximum Gasteiger partial charge on any atom is 0.294 e. The number of fused-ring (bicyclic) bond motifs is 1. The van der Waals surface area contributed by atoms with Crippen LogP contribution in [-0.4, -0.2) is 18.4 Å². The van der Waals surface area contributed by atoms with Crippen LogP contribution in [0.3, 0.4) is 0 Å². The van der Waals surface area contributed by atoms with Gasteiger partial charge in [0.1, 0.15) is 0 Å². The first kappa shape index (κ1) is 5.07. The van der Waals surface area contributed by atoms with Gasteiger partial charge in [-0.2, -0.15) is 8.42 Å². The van der Waals surface area contributed by atoms with E-state index in [1.165, 1.54) is 0 Å². The van der Waals surface area contributed by atoms with Gasteiger partial charge in [-0.05, 0) is 22.9 Å². The fourth-order valence-electron chi connectivity index (χ4n) is 0.893. The maximum absolute atomic E-state index is 11.3. The summed E-state index contributed by atoms with van der Waals surface area (Å²) in [4.78, 5) is -1.15. The van der Waals surface area contributed by atoms with Gasteiger partial charge in [0.05, 0.1) is 14.5 Å². The van der Waals surface area contributed by atoms with Crippen LogP contribution in [0, 0.1) is 0 Å². The average molecular weight is 233 g/mol. The van der Waals surface area contributed by atoms with Gasteiger partial charge in [-0.15, -0.1) is 0 Å². The maximum atomic E-state index is 11.3. The fourth-order valence-corrected chi connectivity index (χ4v) is 1.30. The Bertz CT molecular complexity index is 895. The van der Waals surface area contributed by atoms with Crippen molar-refractivity contribution in [2.75, 3.05) is 0 Å². The number of benzene rings is 2. The Balaban J connectivity index is 0.00000242. The standard InChI is InChI=1S/C10H8O3S.H2O/c11-14(12,13)10-6-5-8-3-1-2-4-9(8)7-10;/h1-7H,(H,11,12,13);1H2/i1D,2D,3D,4D,5D,6D,7D;. The van der Waals surface area contributed by atoms with E-state index < -0.39 is 68.1 Å². The van der Waals surface area contributed by atoms with E-state index in [9.17, 15) is 8.42 Å². The first-order chi connectivity index (χ1) is 9.50. The van der Waals surface area contributed by atoms with Gasteiger partial charge < -0.3 is 5.48 Å². The van der Waals surface area contributed by atoms with Crippen LogP contribution in [0.15, 0.2) is 47.2 Å². The quantitative estimate of drug-likeness (QED) is 0.752. The Morgan fingerprint density at radius 3 is 2.27 bits per heavy atom. The first-order valence-corrected chi connectivity index (χ1v) is 4.91. The smallest absolute Gasteiger partial charge is 0.294 e. The van der Waals surface area contributed by atoms with Crippen LogP contribution in [0.5, 0.6) is 0 Å². The summed E-state index contributed by atoms with van der Waals surface area (Å²) in [5, 5.41) is -0.946. The zero-order chi connectivity index (χ0) is 16.3. The molecular weight excluding hydrogens is 216 g/mol. The molecule has 0 atom stereocenters. The molecule has 0 spiro atoms. The van der Waals surface area contributed by atoms with Crippen molar-refractivity contribution in [1.29, 1.82) is 0 Å². The van der Waals surface area contributed by atoms with Crippen LogP contribution in [0.25, 0.3) is 10.8 Å². The summed E-state index contributed by atoms with van der Waals surface area (Å²) < 4.78 is 85.1. The highest BCUT2D eigenvalue weighted by Crippen LogP contribution is 2.18. The molecule has 0 radical (unpaired) electrons. The number of hydrogen-bond acceptors (Lipinski definition) is 2. The van der Waals surface area contributed by atoms with E-state index in [1.54, 1.807) is 0 Å². The molecule has 0 aliphatic rings. The Kier molecular flexibility index (Phi) is 1.34. The van der Waals surface area contributed by atoms with Gasteiger partial charge >= 0.3 is 0 Å². The van der Waals surface area contributed by atoms with Crippen LogP contribution in [0.4, 0.5) is 0 Å². The van der Waals surface area contributed by atoms with E-state index in [-0.39, 0.29) is 5.48 Å². The Morgan fingerprint density at radius 1 is 1.07 bits per heavy atom. The van der Waals surface area contributed by atoms with Crippen molar-refractivity contribution in [3.63, 3.8) is 0 Å². The molecule has 4 nitrogen and oxygen atoms in total. The SMILES string of the molecule is O.[2H]c1c([2H])c([2H])c2c([2H])c(S(=O)(=O)O)c([2H])c([2H])c2c1[2H]. The normalized spacial score (nSPS) is 17.5. The fraction of sp³-hybridized carbons (Fsp3) is 0. The summed E-state index contributed by atoms with van der Waals surface area (Å²) in [5.74, 6) is 0. The van der Waals surface area contributed by atoms with Gasteiger partial charge in [-0.1, -0.05) is 30.2 Å². The summed E-state index contributed by atoms with van der Waals surface area (Å²) in [5.41, 5.74) is 0. The number of rotatable bonds is 1. The van der Waals surface area contributed by atoms with E-state index >= 15 is 0 Å². The Labute approximate surface area is 97.1 Å². The molecule has 5 heteroatoms. The van der Waals surface area contributed by atoms with Crippen LogP contribution >= 0.6 is 0 Å². The molecule has 0 unspecified atom stereocenters. The topological polar surface area (TPSA) is 85.9 Å². The molecule has 2 aromatic carbocycles. The summed E-state index contributed by atoms with van der Waals surface area (Å²) in [6.45, 7) is 0. The van der Waals surface area contributed by atoms with Crippen molar-refractivity contribution in [1.82, 2.24) is 0 Å². The van der Waals surface area contributed by atoms with Gasteiger partial charge in [0.2, 0.25) is 0 Å². The van der Waals surface area contributed by atoms with Gasteiger partial charge in [-0.3, -0.25) is 4.55 Å². The van der Waals surface area contributed by atoms with E-state index in [2.05, 4.69) is 0 Å². The highest BCUT2D eigenvalue weighted by molar-refractivity contribution is 7.85. The van der Waals surface area contributed by atoms with E-state index in [0.29, 0.717) is 0 Å². The molecule has 3 N–H and O–H groups in total. The highest BCUT2D eigenvalue weighted by atomic mass is 32.2. The summed E-state index contributed by atoms with van der Waals surface area (Å²) in [7, 11) is -4.98. The van der Waals surface area contributed by atoms with Gasteiger partial charge in [0.15, 0.2) is 0 Å². The predicted molar refractivity (Wildman–Crippen MR) is 57.4 cm³/mol. The van der Waals surface area contributed by atoms with Crippen molar-refractivity contribution in [2.45, 2.75) is 4.90 Å². The number of hydrogen-bond donors (Lipinski definition) is 1. The van der Waals surface area contributed by atoms with Crippen LogP contribution in [-0.2, 0) is 10.1 Å². The molecule has 0 saturated heterocycles. The van der Waals surface area contributed by atoms with Crippen molar-refractivity contribution < 1.29 is 28.0 Å². The summed E-state index contributed by atoms with van der Waals surface area (Å²) in [6, 6.07) is -5.39. The van der Waals surface area contributed by atoms with Crippen molar-refractivity contribution in [3.05, 3.63) is 42.3 Å². The van der Waals surface area contributed by atoms with Gasteiger partial charge in [-0.25, -0.2) is 0 Å². The minimum atomic E-state index is -4.98. The molecule has 15 heavy (non-hydrogen) atoms. The molecular formula is C10H10O4S. The predicted octanol–water partition coefficient (Wildman–Crippen LogP) is 1.26. The second kappa shape index (κ2) is 3.98. The highest BCUT2D eigenvalue weighted by Gasteiger charge is 2.08. The van der Waals surface area contributed by atoms with Gasteiger partial charge in [0.25, 0.3) is 10.1 Å². The molecule has 2 rings (SSSR count). The first-order valence-electron chi connectivity index (χ1n) is 6.97. The molecule has 80 valence electrons. The van der Waals surface area contributed by atoms with Crippen molar-refractivity contribution >= 4 is 20.9 Å². The van der Waals surface area contributed by atoms with Crippen LogP contribution in [0.2, 0.25) is 0 Å². The average Bonchev–Trinajstić information content (AvgIpc) is 2.36. The third-order valence-electron chi connectivity index (χ3n) is 1.49. The lowest BCUT2D eigenvalue weighted by atomic mass is 10.1. The lowest BCUT2D eigenvalue weighted by molar-refractivity contribution is 0.483. The second-order valence-electron chi connectivity index (χ2n) is 2.43. The molecule has 0 fully saturated rings. The van der Waals surface area contributed by atoms with Crippen LogP contribution < -0.4 is 0 Å². The minimum Gasteiger partial charge on any atom is -0.412 e. The Hall–Kier alpha value is -1.43. The minimum absolute atomic E-state index is 0. The molecule has 0 heterocycles. The van der Waals surface area contributed by atoms with E-state index in [4.69, 9.17) is 14.1 Å². The van der Waals surface area contributed by atoms with Crippen LogP contribution in [0.1, 0.15) is 9.60 Å². The van der Waals surface area contributed by atoms with Crippen molar-refractivity contribution in [3.8, 4) is 0 Å². The van der Waals surface area contributed by atoms with Crippen molar-refractivity contribution in [2.24, 2.45) is 0 Å². The third kappa shape index (κ3) is 2.33. The molecule has 0 aliphatic heterocycles. The molecule has 0 aliphatic carbocycles. The summed E-state index contributed by atoms with van der Waals surface area (Å²) in [6.07, 6.45) is 0. The second-order valence-corrected chi connectivity index (χ2v) is 3.79. The van der Waals surface area contributed by atoms with Gasteiger partial charge in [0, 0.05) is 0 Å². The lowest BCUT2D eigenvalue weighted by Crippen LogP contribution is -1.97. The molecule has 0 amide bonds. The Morgan fingerprint density at radius 2 is 1.67 bits per heavy atom. The zero-order valence-electron chi connectivity index (χ0n) is 14.2. The summed E-state index contributed by atoms with van der Waals surface area (Å²) >= 11 is 0. The zero-order valence-corrected chi connectivity index (χ0v) is 7.99. The molecule has 0 aromatic heterocycles. The third-order valence-corrected chi connectivity index (χ3v) is 2.21. The monoisotopic (exact) mass is 233 g/mol. The lowest BCUT2D eigenvalue weighted by Gasteiger charge is -1.99.